The Morgan fingerprint density at radius 2 is 1.86 bits per heavy atom. The molecule has 0 atom stereocenters. The predicted octanol–water partition coefficient (Wildman–Crippen LogP) is 2.62. The van der Waals surface area contributed by atoms with Gasteiger partial charge in [0.25, 0.3) is 0 Å². The molecule has 152 valence electrons. The number of hydrogen-bond donors (Lipinski definition) is 1. The Bertz CT molecular complexity index is 928. The second-order valence-electron chi connectivity index (χ2n) is 6.96. The molecule has 0 saturated carbocycles. The van der Waals surface area contributed by atoms with E-state index in [1.807, 2.05) is 12.1 Å². The molecule has 8 heteroatoms. The van der Waals surface area contributed by atoms with Crippen molar-refractivity contribution in [2.45, 2.75) is 24.4 Å². The van der Waals surface area contributed by atoms with E-state index in [1.54, 1.807) is 35.7 Å². The third-order valence-electron chi connectivity index (χ3n) is 5.29. The molecule has 4 rings (SSSR count). The van der Waals surface area contributed by atoms with E-state index in [4.69, 9.17) is 4.74 Å². The van der Waals surface area contributed by atoms with Crippen LogP contribution in [0.3, 0.4) is 0 Å². The molecule has 2 aromatic rings. The lowest BCUT2D eigenvalue weighted by Gasteiger charge is -2.25. The van der Waals surface area contributed by atoms with Gasteiger partial charge >= 0.3 is 0 Å². The summed E-state index contributed by atoms with van der Waals surface area (Å²) in [6.07, 6.45) is 1.09. The number of rotatable bonds is 4. The predicted molar refractivity (Wildman–Crippen MR) is 113 cm³/mol. The minimum absolute atomic E-state index is 0. The maximum absolute atomic E-state index is 13.2. The number of sulfonamides is 1. The van der Waals surface area contributed by atoms with Gasteiger partial charge in [0.1, 0.15) is 5.75 Å². The van der Waals surface area contributed by atoms with Crippen LogP contribution in [-0.2, 0) is 23.1 Å². The molecule has 0 spiro atoms. The first-order valence-corrected chi connectivity index (χ1v) is 10.7. The molecule has 2 aromatic carbocycles. The Hall–Kier alpha value is -1.80. The molecule has 2 aliphatic rings. The summed E-state index contributed by atoms with van der Waals surface area (Å²) in [5.41, 5.74) is 3.39. The van der Waals surface area contributed by atoms with Gasteiger partial charge in [0.15, 0.2) is 0 Å². The maximum atomic E-state index is 13.2. The monoisotopic (exact) mass is 423 g/mol. The zero-order valence-corrected chi connectivity index (χ0v) is 17.6. The number of nitrogens with zero attached hydrogens (tertiary/aromatic N) is 2. The van der Waals surface area contributed by atoms with Gasteiger partial charge in [-0.15, -0.1) is 12.4 Å². The van der Waals surface area contributed by atoms with Gasteiger partial charge in [-0.05, 0) is 42.3 Å². The standard InChI is InChI=1S/C20H25N3O3S.ClH/c1-26-17-6-3-7-18(13-17)27(24,25)23-14-16-5-2-8-20(19(16)15-23)22-11-4-9-21-10-12-22;/h2-3,5-8,13,21H,4,9-12,14-15H2,1H3;1H. The molecule has 0 radical (unpaired) electrons. The summed E-state index contributed by atoms with van der Waals surface area (Å²) in [6, 6.07) is 12.9. The molecule has 6 nitrogen and oxygen atoms in total. The molecule has 1 N–H and O–H groups in total. The van der Waals surface area contributed by atoms with E-state index in [-0.39, 0.29) is 17.3 Å². The van der Waals surface area contributed by atoms with Crippen molar-refractivity contribution in [2.75, 3.05) is 38.2 Å². The number of methoxy groups -OCH3 is 1. The molecule has 28 heavy (non-hydrogen) atoms. The van der Waals surface area contributed by atoms with Gasteiger partial charge in [-0.25, -0.2) is 8.42 Å². The molecular formula is C20H26ClN3O3S. The molecule has 0 aliphatic carbocycles. The first kappa shape index (κ1) is 20.9. The van der Waals surface area contributed by atoms with Gasteiger partial charge < -0.3 is 15.0 Å². The summed E-state index contributed by atoms with van der Waals surface area (Å²) >= 11 is 0. The van der Waals surface area contributed by atoms with Crippen molar-refractivity contribution in [3.8, 4) is 5.75 Å². The highest BCUT2D eigenvalue weighted by Gasteiger charge is 2.33. The van der Waals surface area contributed by atoms with Crippen LogP contribution in [0.1, 0.15) is 17.5 Å². The molecular weight excluding hydrogens is 398 g/mol. The van der Waals surface area contributed by atoms with Crippen LogP contribution in [0.5, 0.6) is 5.75 Å². The Morgan fingerprint density at radius 1 is 1.04 bits per heavy atom. The smallest absolute Gasteiger partial charge is 0.243 e. The lowest BCUT2D eigenvalue weighted by atomic mass is 10.1. The van der Waals surface area contributed by atoms with Crippen molar-refractivity contribution >= 4 is 28.1 Å². The Balaban J connectivity index is 0.00000225. The average Bonchev–Trinajstić information content (AvgIpc) is 2.97. The van der Waals surface area contributed by atoms with Crippen molar-refractivity contribution in [2.24, 2.45) is 0 Å². The molecule has 1 saturated heterocycles. The lowest BCUT2D eigenvalue weighted by molar-refractivity contribution is 0.411. The largest absolute Gasteiger partial charge is 0.497 e. The number of fused-ring (bicyclic) bond motifs is 1. The van der Waals surface area contributed by atoms with E-state index in [9.17, 15) is 8.42 Å². The Morgan fingerprint density at radius 3 is 2.68 bits per heavy atom. The maximum Gasteiger partial charge on any atom is 0.243 e. The van der Waals surface area contributed by atoms with Crippen LogP contribution >= 0.6 is 12.4 Å². The molecule has 0 bridgehead atoms. The number of anilines is 1. The number of halogens is 1. The van der Waals surface area contributed by atoms with E-state index in [1.165, 1.54) is 5.69 Å². The van der Waals surface area contributed by atoms with Crippen molar-refractivity contribution in [1.82, 2.24) is 9.62 Å². The van der Waals surface area contributed by atoms with Gasteiger partial charge in [0.05, 0.1) is 12.0 Å². The van der Waals surface area contributed by atoms with E-state index in [0.29, 0.717) is 18.8 Å². The molecule has 0 unspecified atom stereocenters. The summed E-state index contributed by atoms with van der Waals surface area (Å²) in [4.78, 5) is 2.65. The zero-order chi connectivity index (χ0) is 18.9. The highest BCUT2D eigenvalue weighted by molar-refractivity contribution is 7.89. The van der Waals surface area contributed by atoms with Crippen LogP contribution in [0.2, 0.25) is 0 Å². The SMILES string of the molecule is COc1cccc(S(=O)(=O)N2Cc3cccc(N4CCCNCC4)c3C2)c1.Cl. The van der Waals surface area contributed by atoms with Crippen molar-refractivity contribution in [1.29, 1.82) is 0 Å². The zero-order valence-electron chi connectivity index (χ0n) is 15.9. The molecule has 2 heterocycles. The summed E-state index contributed by atoms with van der Waals surface area (Å²) in [5, 5.41) is 3.42. The summed E-state index contributed by atoms with van der Waals surface area (Å²) in [7, 11) is -2.03. The van der Waals surface area contributed by atoms with E-state index in [0.717, 1.165) is 43.7 Å². The van der Waals surface area contributed by atoms with Crippen LogP contribution in [0.15, 0.2) is 47.4 Å². The van der Waals surface area contributed by atoms with E-state index >= 15 is 0 Å². The minimum atomic E-state index is -3.57. The van der Waals surface area contributed by atoms with Crippen LogP contribution in [-0.4, -0.2) is 46.0 Å². The van der Waals surface area contributed by atoms with Crippen molar-refractivity contribution in [3.05, 3.63) is 53.6 Å². The molecule has 0 aromatic heterocycles. The fourth-order valence-corrected chi connectivity index (χ4v) is 5.26. The fourth-order valence-electron chi connectivity index (χ4n) is 3.84. The third-order valence-corrected chi connectivity index (χ3v) is 7.08. The second kappa shape index (κ2) is 8.69. The number of hydrogen-bond acceptors (Lipinski definition) is 5. The van der Waals surface area contributed by atoms with Crippen molar-refractivity contribution < 1.29 is 13.2 Å². The first-order valence-electron chi connectivity index (χ1n) is 9.30. The Labute approximate surface area is 172 Å². The van der Waals surface area contributed by atoms with Gasteiger partial charge in [-0.2, -0.15) is 4.31 Å². The fraction of sp³-hybridized carbons (Fsp3) is 0.400. The Kier molecular flexibility index (Phi) is 6.50. The van der Waals surface area contributed by atoms with Gasteiger partial charge in [-0.1, -0.05) is 18.2 Å². The van der Waals surface area contributed by atoms with Crippen LogP contribution in [0.25, 0.3) is 0 Å². The van der Waals surface area contributed by atoms with Gasteiger partial charge in [0.2, 0.25) is 10.0 Å². The van der Waals surface area contributed by atoms with Gasteiger partial charge in [-0.3, -0.25) is 0 Å². The summed E-state index contributed by atoms with van der Waals surface area (Å²) in [6.45, 7) is 4.74. The lowest BCUT2D eigenvalue weighted by Crippen LogP contribution is -2.29. The third kappa shape index (κ3) is 3.98. The first-order chi connectivity index (χ1) is 13.1. The second-order valence-corrected chi connectivity index (χ2v) is 8.90. The minimum Gasteiger partial charge on any atom is -0.497 e. The van der Waals surface area contributed by atoms with Crippen LogP contribution < -0.4 is 15.0 Å². The highest BCUT2D eigenvalue weighted by atomic mass is 35.5. The molecule has 1 fully saturated rings. The quantitative estimate of drug-likeness (QED) is 0.819. The number of ether oxygens (including phenoxy) is 1. The van der Waals surface area contributed by atoms with Gasteiger partial charge in [0, 0.05) is 44.5 Å². The number of nitrogens with one attached hydrogen (secondary N) is 1. The highest BCUT2D eigenvalue weighted by Crippen LogP contribution is 2.35. The van der Waals surface area contributed by atoms with Crippen molar-refractivity contribution in [3.63, 3.8) is 0 Å². The topological polar surface area (TPSA) is 61.9 Å². The summed E-state index contributed by atoms with van der Waals surface area (Å²) < 4.78 is 33.1. The van der Waals surface area contributed by atoms with E-state index in [2.05, 4.69) is 16.3 Å². The number of benzene rings is 2. The van der Waals surface area contributed by atoms with Crippen LogP contribution in [0.4, 0.5) is 5.69 Å². The molecule has 0 amide bonds. The normalized spacial score (nSPS) is 17.5. The van der Waals surface area contributed by atoms with Crippen LogP contribution in [0, 0.1) is 0 Å². The average molecular weight is 424 g/mol. The van der Waals surface area contributed by atoms with E-state index < -0.39 is 10.0 Å². The molecule has 2 aliphatic heterocycles. The summed E-state index contributed by atoms with van der Waals surface area (Å²) in [5.74, 6) is 0.547.